The maximum absolute atomic E-state index is 10.7. The molecule has 0 unspecified atom stereocenters. The summed E-state index contributed by atoms with van der Waals surface area (Å²) >= 11 is 0. The van der Waals surface area contributed by atoms with Crippen LogP contribution in [0.3, 0.4) is 0 Å². The van der Waals surface area contributed by atoms with Gasteiger partial charge in [-0.05, 0) is 45.6 Å². The summed E-state index contributed by atoms with van der Waals surface area (Å²) in [6.07, 6.45) is 13.4. The maximum atomic E-state index is 10.7. The van der Waals surface area contributed by atoms with Gasteiger partial charge in [0.05, 0.1) is 6.61 Å². The third kappa shape index (κ3) is 46.6. The van der Waals surface area contributed by atoms with E-state index in [-0.39, 0.29) is 11.9 Å². The molecule has 0 N–H and O–H groups in total. The third-order valence-corrected chi connectivity index (χ3v) is 3.79. The first-order chi connectivity index (χ1) is 15.4. The summed E-state index contributed by atoms with van der Waals surface area (Å²) in [6.45, 7) is 23.9. The van der Waals surface area contributed by atoms with Crippen molar-refractivity contribution < 1.29 is 19.1 Å². The zero-order valence-corrected chi connectivity index (χ0v) is 23.9. The van der Waals surface area contributed by atoms with E-state index in [0.717, 1.165) is 19.3 Å². The number of carbonyl (C=O) groups excluding carboxylic acids is 2. The van der Waals surface area contributed by atoms with E-state index in [0.29, 0.717) is 13.2 Å². The van der Waals surface area contributed by atoms with Gasteiger partial charge in [-0.3, -0.25) is 9.59 Å². The Labute approximate surface area is 202 Å². The van der Waals surface area contributed by atoms with E-state index in [1.807, 2.05) is 61.5 Å². The summed E-state index contributed by atoms with van der Waals surface area (Å²) in [5.74, 6) is -0.436. The Balaban J connectivity index is -0.000000271. The molecule has 0 bridgehead atoms. The third-order valence-electron chi connectivity index (χ3n) is 3.79. The molecule has 4 nitrogen and oxygen atoms in total. The van der Waals surface area contributed by atoms with Crippen LogP contribution in [0.25, 0.3) is 0 Å². The second-order valence-corrected chi connectivity index (χ2v) is 6.30. The van der Waals surface area contributed by atoms with Crippen LogP contribution in [-0.4, -0.2) is 25.2 Å². The van der Waals surface area contributed by atoms with Gasteiger partial charge >= 0.3 is 11.9 Å². The molecular formula is C28H58O4. The lowest BCUT2D eigenvalue weighted by molar-refractivity contribution is -0.141. The van der Waals surface area contributed by atoms with Gasteiger partial charge in [-0.15, -0.1) is 0 Å². The molecule has 194 valence electrons. The second kappa shape index (κ2) is 39.8. The maximum Gasteiger partial charge on any atom is 0.302 e. The van der Waals surface area contributed by atoms with E-state index < -0.39 is 0 Å². The van der Waals surface area contributed by atoms with Gasteiger partial charge in [0.15, 0.2) is 0 Å². The molecule has 0 aliphatic rings. The molecule has 0 amide bonds. The van der Waals surface area contributed by atoms with E-state index in [1.165, 1.54) is 57.1 Å². The Morgan fingerprint density at radius 3 is 1.50 bits per heavy atom. The highest BCUT2D eigenvalue weighted by atomic mass is 16.5. The van der Waals surface area contributed by atoms with Gasteiger partial charge in [0.25, 0.3) is 0 Å². The van der Waals surface area contributed by atoms with Crippen LogP contribution in [0.4, 0.5) is 0 Å². The summed E-state index contributed by atoms with van der Waals surface area (Å²) in [6, 6.07) is 0. The molecule has 0 saturated carbocycles. The number of ether oxygens (including phenoxy) is 2. The van der Waals surface area contributed by atoms with Crippen molar-refractivity contribution in [2.75, 3.05) is 13.2 Å². The van der Waals surface area contributed by atoms with E-state index in [9.17, 15) is 9.59 Å². The van der Waals surface area contributed by atoms with Crippen LogP contribution >= 0.6 is 0 Å². The Morgan fingerprint density at radius 2 is 1.00 bits per heavy atom. The van der Waals surface area contributed by atoms with Crippen molar-refractivity contribution in [1.29, 1.82) is 0 Å². The van der Waals surface area contributed by atoms with Crippen LogP contribution < -0.4 is 0 Å². The average Bonchev–Trinajstić information content (AvgIpc) is 2.80. The molecule has 0 spiro atoms. The van der Waals surface area contributed by atoms with Crippen LogP contribution in [-0.2, 0) is 19.1 Å². The van der Waals surface area contributed by atoms with E-state index in [1.54, 1.807) is 0 Å². The zero-order chi connectivity index (χ0) is 26.2. The van der Waals surface area contributed by atoms with Crippen molar-refractivity contribution >= 4 is 11.9 Å². The molecule has 32 heavy (non-hydrogen) atoms. The van der Waals surface area contributed by atoms with Gasteiger partial charge in [0, 0.05) is 20.3 Å². The fourth-order valence-corrected chi connectivity index (χ4v) is 2.29. The van der Waals surface area contributed by atoms with Gasteiger partial charge in [-0.2, -0.15) is 0 Å². The van der Waals surface area contributed by atoms with E-state index in [2.05, 4.69) is 19.9 Å². The van der Waals surface area contributed by atoms with Crippen molar-refractivity contribution in [2.45, 2.75) is 134 Å². The number of carbonyl (C=O) groups is 2. The first kappa shape index (κ1) is 40.7. The summed E-state index contributed by atoms with van der Waals surface area (Å²) in [5.41, 5.74) is 2.59. The quantitative estimate of drug-likeness (QED) is 0.157. The highest BCUT2D eigenvalue weighted by Crippen LogP contribution is 2.12. The first-order valence-corrected chi connectivity index (χ1v) is 13.0. The van der Waals surface area contributed by atoms with Crippen LogP contribution in [0.1, 0.15) is 134 Å². The standard InChI is InChI=1S/C20H34O4.4C2H6/c1-17(13-15-23-19(3)21)11-9-7-5-6-8-10-12-18(2)14-16-24-20(4)22;4*1-2/h11,14H,5-10,12-13,15-16H2,1-4H3;4*1-2H3. The zero-order valence-electron chi connectivity index (χ0n) is 23.9. The molecule has 0 aliphatic heterocycles. The van der Waals surface area contributed by atoms with Gasteiger partial charge in [0.2, 0.25) is 0 Å². The van der Waals surface area contributed by atoms with Crippen LogP contribution in [0, 0.1) is 0 Å². The Kier molecular flexibility index (Phi) is 50.7. The minimum Gasteiger partial charge on any atom is -0.466 e. The smallest absolute Gasteiger partial charge is 0.302 e. The first-order valence-electron chi connectivity index (χ1n) is 13.0. The normalized spacial score (nSPS) is 9.88. The van der Waals surface area contributed by atoms with E-state index >= 15 is 0 Å². The van der Waals surface area contributed by atoms with Crippen LogP contribution in [0.5, 0.6) is 0 Å². The Bertz CT molecular complexity index is 423. The minimum absolute atomic E-state index is 0.209. The van der Waals surface area contributed by atoms with Crippen molar-refractivity contribution in [3.05, 3.63) is 23.3 Å². The highest BCUT2D eigenvalue weighted by molar-refractivity contribution is 5.66. The minimum atomic E-state index is -0.227. The molecule has 0 atom stereocenters. The van der Waals surface area contributed by atoms with Gasteiger partial charge in [0.1, 0.15) is 6.61 Å². The summed E-state index contributed by atoms with van der Waals surface area (Å²) in [7, 11) is 0. The monoisotopic (exact) mass is 458 g/mol. The summed E-state index contributed by atoms with van der Waals surface area (Å²) in [4.78, 5) is 21.3. The number of hydrogen-bond donors (Lipinski definition) is 0. The van der Waals surface area contributed by atoms with Gasteiger partial charge in [-0.1, -0.05) is 91.9 Å². The fourth-order valence-electron chi connectivity index (χ4n) is 2.29. The Hall–Kier alpha value is -1.58. The lowest BCUT2D eigenvalue weighted by Crippen LogP contribution is -2.00. The second-order valence-electron chi connectivity index (χ2n) is 6.30. The average molecular weight is 459 g/mol. The van der Waals surface area contributed by atoms with Crippen molar-refractivity contribution in [3.63, 3.8) is 0 Å². The number of rotatable bonds is 13. The topological polar surface area (TPSA) is 52.6 Å². The number of unbranched alkanes of at least 4 members (excludes halogenated alkanes) is 5. The van der Waals surface area contributed by atoms with Gasteiger partial charge < -0.3 is 9.47 Å². The van der Waals surface area contributed by atoms with Crippen LogP contribution in [0.15, 0.2) is 23.3 Å². The van der Waals surface area contributed by atoms with Crippen molar-refractivity contribution in [3.8, 4) is 0 Å². The van der Waals surface area contributed by atoms with Gasteiger partial charge in [-0.25, -0.2) is 0 Å². The van der Waals surface area contributed by atoms with Crippen LogP contribution in [0.2, 0.25) is 0 Å². The molecule has 0 aromatic heterocycles. The molecule has 0 aromatic rings. The molecular weight excluding hydrogens is 400 g/mol. The predicted octanol–water partition coefficient (Wildman–Crippen LogP) is 9.23. The molecule has 0 heterocycles. The van der Waals surface area contributed by atoms with Crippen molar-refractivity contribution in [1.82, 2.24) is 0 Å². The predicted molar refractivity (Wildman–Crippen MR) is 143 cm³/mol. The highest BCUT2D eigenvalue weighted by Gasteiger charge is 1.96. The fraction of sp³-hybridized carbons (Fsp3) is 0.786. The summed E-state index contributed by atoms with van der Waals surface area (Å²) < 4.78 is 9.83. The lowest BCUT2D eigenvalue weighted by atomic mass is 10.0. The molecule has 0 fully saturated rings. The molecule has 0 aliphatic carbocycles. The lowest BCUT2D eigenvalue weighted by Gasteiger charge is -2.04. The van der Waals surface area contributed by atoms with E-state index in [4.69, 9.17) is 9.47 Å². The molecule has 0 saturated heterocycles. The van der Waals surface area contributed by atoms with Crippen molar-refractivity contribution in [2.24, 2.45) is 0 Å². The number of allylic oxidation sites excluding steroid dienone is 2. The molecule has 0 aromatic carbocycles. The Morgan fingerprint density at radius 1 is 0.562 bits per heavy atom. The molecule has 0 radical (unpaired) electrons. The number of hydrogen-bond acceptors (Lipinski definition) is 4. The molecule has 0 rings (SSSR count). The summed E-state index contributed by atoms with van der Waals surface area (Å²) in [5, 5.41) is 0. The number of esters is 2. The largest absolute Gasteiger partial charge is 0.466 e. The molecule has 4 heteroatoms. The SMILES string of the molecule is CC.CC.CC.CC.CC(=O)OCC=C(C)CCCCCCCC=C(C)CCOC(C)=O.